The Morgan fingerprint density at radius 3 is 1.71 bits per heavy atom. The number of carbonyl (C=O) groups is 2. The number of aromatic nitrogens is 2. The van der Waals surface area contributed by atoms with Gasteiger partial charge >= 0.3 is 5.97 Å². The molecule has 0 radical (unpaired) electrons. The topological polar surface area (TPSA) is 120 Å². The van der Waals surface area contributed by atoms with Crippen molar-refractivity contribution >= 4 is 35.1 Å². The largest absolute Gasteiger partial charge is 0.465 e. The van der Waals surface area contributed by atoms with Crippen molar-refractivity contribution in [2.24, 2.45) is 5.73 Å². The molecule has 0 spiro atoms. The minimum atomic E-state index is -0.475. The lowest BCUT2D eigenvalue weighted by atomic mass is 10.1. The standard InChI is InChI=1S/C12H15ClN2O3.C11H14ClN3O2/c1-17-12(16)9-2-3-11(13)14-10(9)8-15-4-6-18-7-5-15;12-10-2-1-8(11(13)16)9(14-10)7-15-3-5-17-6-4-15/h2-3H,4-8H2,1H3;1-2H,3-7H2,(H2,13,16). The highest BCUT2D eigenvalue weighted by Crippen LogP contribution is 2.16. The highest BCUT2D eigenvalue weighted by Gasteiger charge is 2.19. The van der Waals surface area contributed by atoms with Gasteiger partial charge < -0.3 is 19.9 Å². The molecule has 1 amide bonds. The molecule has 190 valence electrons. The van der Waals surface area contributed by atoms with Crippen LogP contribution in [-0.2, 0) is 27.3 Å². The van der Waals surface area contributed by atoms with Crippen molar-refractivity contribution in [1.82, 2.24) is 19.8 Å². The number of rotatable bonds is 6. The number of esters is 1. The number of halogens is 2. The van der Waals surface area contributed by atoms with E-state index in [0.29, 0.717) is 72.3 Å². The van der Waals surface area contributed by atoms with Crippen LogP contribution < -0.4 is 5.73 Å². The molecule has 0 saturated carbocycles. The summed E-state index contributed by atoms with van der Waals surface area (Å²) >= 11 is 11.7. The van der Waals surface area contributed by atoms with Crippen LogP contribution in [0.15, 0.2) is 24.3 Å². The van der Waals surface area contributed by atoms with Gasteiger partial charge in [-0.2, -0.15) is 0 Å². The minimum absolute atomic E-state index is 0.373. The van der Waals surface area contributed by atoms with Crippen LogP contribution in [-0.4, -0.2) is 91.4 Å². The number of hydrogen-bond acceptors (Lipinski definition) is 9. The lowest BCUT2D eigenvalue weighted by Crippen LogP contribution is -2.36. The van der Waals surface area contributed by atoms with Crippen molar-refractivity contribution in [2.45, 2.75) is 13.1 Å². The summed E-state index contributed by atoms with van der Waals surface area (Å²) in [4.78, 5) is 35.6. The molecule has 2 N–H and O–H groups in total. The van der Waals surface area contributed by atoms with E-state index in [1.165, 1.54) is 7.11 Å². The van der Waals surface area contributed by atoms with Gasteiger partial charge in [0.05, 0.1) is 56.1 Å². The van der Waals surface area contributed by atoms with Crippen LogP contribution in [0.1, 0.15) is 32.1 Å². The summed E-state index contributed by atoms with van der Waals surface area (Å²) in [6.45, 7) is 7.26. The summed E-state index contributed by atoms with van der Waals surface area (Å²) in [5, 5.41) is 0.754. The second kappa shape index (κ2) is 13.7. The number of ether oxygens (including phenoxy) is 3. The third kappa shape index (κ3) is 8.38. The van der Waals surface area contributed by atoms with Crippen molar-refractivity contribution in [3.8, 4) is 0 Å². The molecule has 0 atom stereocenters. The molecule has 2 aromatic heterocycles. The number of nitrogens with zero attached hydrogens (tertiary/aromatic N) is 4. The van der Waals surface area contributed by atoms with Crippen LogP contribution in [0, 0.1) is 0 Å². The van der Waals surface area contributed by atoms with Gasteiger partial charge in [-0.1, -0.05) is 23.2 Å². The number of methoxy groups -OCH3 is 1. The maximum Gasteiger partial charge on any atom is 0.339 e. The number of morpholine rings is 2. The van der Waals surface area contributed by atoms with E-state index >= 15 is 0 Å². The Hall–Kier alpha value is -2.34. The first-order chi connectivity index (χ1) is 16.9. The minimum Gasteiger partial charge on any atom is -0.465 e. The predicted octanol–water partition coefficient (Wildman–Crippen LogP) is 2.02. The quantitative estimate of drug-likeness (QED) is 0.445. The van der Waals surface area contributed by atoms with Gasteiger partial charge in [0.2, 0.25) is 0 Å². The Balaban J connectivity index is 0.000000196. The van der Waals surface area contributed by atoms with E-state index in [0.717, 1.165) is 26.2 Å². The molecule has 0 aromatic carbocycles. The molecule has 35 heavy (non-hydrogen) atoms. The zero-order chi connectivity index (χ0) is 25.2. The van der Waals surface area contributed by atoms with E-state index in [1.54, 1.807) is 24.3 Å². The Labute approximate surface area is 214 Å². The third-order valence-corrected chi connectivity index (χ3v) is 5.93. The number of primary amides is 1. The summed E-state index contributed by atoms with van der Waals surface area (Å²) < 4.78 is 15.3. The fourth-order valence-corrected chi connectivity index (χ4v) is 3.98. The molecule has 0 unspecified atom stereocenters. The van der Waals surface area contributed by atoms with Crippen LogP contribution >= 0.6 is 23.2 Å². The van der Waals surface area contributed by atoms with Gasteiger partial charge in [-0.05, 0) is 24.3 Å². The van der Waals surface area contributed by atoms with Crippen LogP contribution in [0.2, 0.25) is 10.3 Å². The van der Waals surface area contributed by atoms with Crippen LogP contribution in [0.3, 0.4) is 0 Å². The van der Waals surface area contributed by atoms with Gasteiger partial charge in [0, 0.05) is 39.3 Å². The first kappa shape index (κ1) is 27.3. The highest BCUT2D eigenvalue weighted by atomic mass is 35.5. The van der Waals surface area contributed by atoms with E-state index in [1.807, 2.05) is 0 Å². The molecule has 10 nitrogen and oxygen atoms in total. The van der Waals surface area contributed by atoms with Gasteiger partial charge in [0.25, 0.3) is 5.91 Å². The van der Waals surface area contributed by atoms with Crippen LogP contribution in [0.4, 0.5) is 0 Å². The molecule has 2 saturated heterocycles. The molecule has 12 heteroatoms. The summed E-state index contributed by atoms with van der Waals surface area (Å²) in [5.41, 5.74) is 7.48. The molecule has 2 aliphatic heterocycles. The average molecular weight is 526 g/mol. The zero-order valence-electron chi connectivity index (χ0n) is 19.5. The lowest BCUT2D eigenvalue weighted by molar-refractivity contribution is 0.0332. The Morgan fingerprint density at radius 2 is 1.29 bits per heavy atom. The second-order valence-corrected chi connectivity index (χ2v) is 8.66. The molecular formula is C23H29Cl2N5O5. The molecule has 4 rings (SSSR count). The maximum absolute atomic E-state index is 11.6. The van der Waals surface area contributed by atoms with Gasteiger partial charge in [0.15, 0.2) is 0 Å². The first-order valence-electron chi connectivity index (χ1n) is 11.2. The van der Waals surface area contributed by atoms with Crippen molar-refractivity contribution in [2.75, 3.05) is 59.7 Å². The number of carbonyl (C=O) groups excluding carboxylic acids is 2. The van der Waals surface area contributed by atoms with Gasteiger partial charge in [-0.3, -0.25) is 14.6 Å². The summed E-state index contributed by atoms with van der Waals surface area (Å²) in [7, 11) is 1.36. The summed E-state index contributed by atoms with van der Waals surface area (Å²) in [6.07, 6.45) is 0. The van der Waals surface area contributed by atoms with Gasteiger partial charge in [0.1, 0.15) is 10.3 Å². The molecule has 4 heterocycles. The monoisotopic (exact) mass is 525 g/mol. The molecule has 0 aliphatic carbocycles. The predicted molar refractivity (Wildman–Crippen MR) is 131 cm³/mol. The van der Waals surface area contributed by atoms with Crippen LogP contribution in [0.25, 0.3) is 0 Å². The van der Waals surface area contributed by atoms with E-state index in [2.05, 4.69) is 19.8 Å². The van der Waals surface area contributed by atoms with Crippen molar-refractivity contribution in [3.63, 3.8) is 0 Å². The number of nitrogens with two attached hydrogens (primary N) is 1. The van der Waals surface area contributed by atoms with Crippen molar-refractivity contribution in [1.29, 1.82) is 0 Å². The lowest BCUT2D eigenvalue weighted by Gasteiger charge is -2.26. The second-order valence-electron chi connectivity index (χ2n) is 7.89. The van der Waals surface area contributed by atoms with E-state index < -0.39 is 5.91 Å². The smallest absolute Gasteiger partial charge is 0.339 e. The van der Waals surface area contributed by atoms with E-state index in [9.17, 15) is 9.59 Å². The third-order valence-electron chi connectivity index (χ3n) is 5.51. The van der Waals surface area contributed by atoms with E-state index in [-0.39, 0.29) is 5.97 Å². The average Bonchev–Trinajstić information content (AvgIpc) is 2.85. The van der Waals surface area contributed by atoms with E-state index in [4.69, 9.17) is 43.1 Å². The molecule has 2 fully saturated rings. The molecule has 0 bridgehead atoms. The summed E-state index contributed by atoms with van der Waals surface area (Å²) in [5.74, 6) is -0.861. The zero-order valence-corrected chi connectivity index (χ0v) is 21.1. The fraction of sp³-hybridized carbons (Fsp3) is 0.478. The van der Waals surface area contributed by atoms with Gasteiger partial charge in [-0.15, -0.1) is 0 Å². The summed E-state index contributed by atoms with van der Waals surface area (Å²) in [6, 6.07) is 6.44. The van der Waals surface area contributed by atoms with Crippen molar-refractivity contribution in [3.05, 3.63) is 57.1 Å². The Bertz CT molecular complexity index is 1010. The molecular weight excluding hydrogens is 497 g/mol. The Kier molecular flexibility index (Phi) is 10.6. The SMILES string of the molecule is COC(=O)c1ccc(Cl)nc1CN1CCOCC1.NC(=O)c1ccc(Cl)nc1CN1CCOCC1. The number of pyridine rings is 2. The first-order valence-corrected chi connectivity index (χ1v) is 11.9. The maximum atomic E-state index is 11.6. The fourth-order valence-electron chi connectivity index (χ4n) is 3.65. The molecule has 2 aliphatic rings. The van der Waals surface area contributed by atoms with Crippen molar-refractivity contribution < 1.29 is 23.8 Å². The van der Waals surface area contributed by atoms with Gasteiger partial charge in [-0.25, -0.2) is 14.8 Å². The van der Waals surface area contributed by atoms with Crippen LogP contribution in [0.5, 0.6) is 0 Å². The Morgan fingerprint density at radius 1 is 0.857 bits per heavy atom. The number of hydrogen-bond donors (Lipinski definition) is 1. The number of amides is 1. The normalized spacial score (nSPS) is 16.8. The highest BCUT2D eigenvalue weighted by molar-refractivity contribution is 6.29. The molecule has 2 aromatic rings.